The highest BCUT2D eigenvalue weighted by Gasteiger charge is 2.19. The Balaban J connectivity index is 4.28. The van der Waals surface area contributed by atoms with Crippen molar-refractivity contribution in [2.45, 2.75) is 303 Å². The lowest BCUT2D eigenvalue weighted by Gasteiger charge is -2.18. The van der Waals surface area contributed by atoms with Crippen molar-refractivity contribution in [3.05, 3.63) is 109 Å². The van der Waals surface area contributed by atoms with Gasteiger partial charge in [-0.05, 0) is 103 Å². The van der Waals surface area contributed by atoms with Crippen LogP contribution >= 0.6 is 0 Å². The van der Waals surface area contributed by atoms with Crippen LogP contribution in [0.3, 0.4) is 0 Å². The van der Waals surface area contributed by atoms with Crippen LogP contribution < -0.4 is 0 Å². The molecule has 434 valence electrons. The summed E-state index contributed by atoms with van der Waals surface area (Å²) >= 11 is 0. The lowest BCUT2D eigenvalue weighted by Crippen LogP contribution is -2.30. The van der Waals surface area contributed by atoms with E-state index in [4.69, 9.17) is 14.2 Å². The minimum atomic E-state index is -0.785. The first-order valence-corrected chi connectivity index (χ1v) is 31.9. The third-order valence-electron chi connectivity index (χ3n) is 13.5. The number of allylic oxidation sites excluding steroid dienone is 18. The van der Waals surface area contributed by atoms with Gasteiger partial charge in [0.1, 0.15) is 13.2 Å². The first-order chi connectivity index (χ1) is 37.5. The first-order valence-electron chi connectivity index (χ1n) is 31.9. The molecule has 0 fully saturated rings. The van der Waals surface area contributed by atoms with Crippen LogP contribution in [0, 0.1) is 0 Å². The van der Waals surface area contributed by atoms with Crippen LogP contribution in [0.2, 0.25) is 0 Å². The summed E-state index contributed by atoms with van der Waals surface area (Å²) in [6.07, 6.45) is 86.7. The molecule has 0 aliphatic carbocycles. The molecule has 0 aromatic heterocycles. The molecular weight excluding hydrogens is 937 g/mol. The van der Waals surface area contributed by atoms with Crippen molar-refractivity contribution in [2.24, 2.45) is 0 Å². The summed E-state index contributed by atoms with van der Waals surface area (Å²) in [6.45, 7) is 6.41. The van der Waals surface area contributed by atoms with Gasteiger partial charge >= 0.3 is 17.9 Å². The van der Waals surface area contributed by atoms with Gasteiger partial charge in [0.25, 0.3) is 0 Å². The van der Waals surface area contributed by atoms with E-state index in [2.05, 4.69) is 130 Å². The summed E-state index contributed by atoms with van der Waals surface area (Å²) in [6, 6.07) is 0. The zero-order valence-corrected chi connectivity index (χ0v) is 49.7. The van der Waals surface area contributed by atoms with E-state index in [0.717, 1.165) is 122 Å². The Morgan fingerprint density at radius 2 is 0.513 bits per heavy atom. The number of hydrogen-bond acceptors (Lipinski definition) is 6. The topological polar surface area (TPSA) is 78.9 Å². The fourth-order valence-electron chi connectivity index (χ4n) is 8.81. The Kier molecular flexibility index (Phi) is 60.3. The van der Waals surface area contributed by atoms with Gasteiger partial charge in [-0.3, -0.25) is 14.4 Å². The number of carbonyl (C=O) groups is 3. The van der Waals surface area contributed by atoms with Crippen molar-refractivity contribution in [1.82, 2.24) is 0 Å². The molecule has 0 N–H and O–H groups in total. The van der Waals surface area contributed by atoms with Crippen LogP contribution in [0.4, 0.5) is 0 Å². The number of ether oxygens (including phenoxy) is 3. The van der Waals surface area contributed by atoms with Gasteiger partial charge in [-0.15, -0.1) is 0 Å². The van der Waals surface area contributed by atoms with Gasteiger partial charge in [0.2, 0.25) is 0 Å². The average Bonchev–Trinajstić information content (AvgIpc) is 3.42. The molecule has 0 saturated carbocycles. The number of esters is 3. The smallest absolute Gasteiger partial charge is 0.306 e. The van der Waals surface area contributed by atoms with E-state index in [0.29, 0.717) is 19.3 Å². The number of rotatable bonds is 57. The molecule has 0 spiro atoms. The van der Waals surface area contributed by atoms with E-state index < -0.39 is 6.10 Å². The van der Waals surface area contributed by atoms with E-state index >= 15 is 0 Å². The molecule has 76 heavy (non-hydrogen) atoms. The lowest BCUT2D eigenvalue weighted by molar-refractivity contribution is -0.167. The van der Waals surface area contributed by atoms with Gasteiger partial charge < -0.3 is 14.2 Å². The summed E-state index contributed by atoms with van der Waals surface area (Å²) in [5, 5.41) is 0. The Morgan fingerprint density at radius 3 is 0.803 bits per heavy atom. The van der Waals surface area contributed by atoms with Gasteiger partial charge in [-0.2, -0.15) is 0 Å². The molecule has 0 heterocycles. The van der Waals surface area contributed by atoms with Crippen molar-refractivity contribution < 1.29 is 28.6 Å². The van der Waals surface area contributed by atoms with Gasteiger partial charge in [-0.25, -0.2) is 0 Å². The summed E-state index contributed by atoms with van der Waals surface area (Å²) < 4.78 is 16.9. The zero-order valence-electron chi connectivity index (χ0n) is 49.7. The monoisotopic (exact) mass is 1050 g/mol. The number of hydrogen-bond donors (Lipinski definition) is 0. The number of unbranched alkanes of at least 4 members (excludes halogenated alkanes) is 28. The molecule has 0 aliphatic heterocycles. The van der Waals surface area contributed by atoms with Gasteiger partial charge in [0, 0.05) is 19.3 Å². The average molecular weight is 1060 g/mol. The first kappa shape index (κ1) is 72.1. The Morgan fingerprint density at radius 1 is 0.276 bits per heavy atom. The van der Waals surface area contributed by atoms with Crippen molar-refractivity contribution in [2.75, 3.05) is 13.2 Å². The molecule has 0 saturated heterocycles. The second kappa shape index (κ2) is 63.6. The molecule has 0 amide bonds. The summed E-state index contributed by atoms with van der Waals surface area (Å²) in [7, 11) is 0. The van der Waals surface area contributed by atoms with Gasteiger partial charge in [-0.1, -0.05) is 284 Å². The fraction of sp³-hybridized carbons (Fsp3) is 0.700. The predicted molar refractivity (Wildman–Crippen MR) is 330 cm³/mol. The Hall–Kier alpha value is -3.93. The molecular formula is C70H118O6. The van der Waals surface area contributed by atoms with Crippen molar-refractivity contribution in [3.8, 4) is 0 Å². The maximum absolute atomic E-state index is 12.9. The predicted octanol–water partition coefficient (Wildman–Crippen LogP) is 21.8. The molecule has 6 heteroatoms. The maximum Gasteiger partial charge on any atom is 0.306 e. The van der Waals surface area contributed by atoms with E-state index in [1.165, 1.54) is 135 Å². The highest BCUT2D eigenvalue weighted by atomic mass is 16.6. The third-order valence-corrected chi connectivity index (χ3v) is 13.5. The van der Waals surface area contributed by atoms with Crippen LogP contribution in [0.1, 0.15) is 297 Å². The molecule has 0 aliphatic rings. The van der Waals surface area contributed by atoms with Crippen LogP contribution in [-0.4, -0.2) is 37.2 Å². The normalized spacial score (nSPS) is 12.8. The minimum absolute atomic E-state index is 0.0814. The summed E-state index contributed by atoms with van der Waals surface area (Å²) in [5.74, 6) is -0.889. The standard InChI is InChI=1S/C70H118O6/c1-4-7-10-13-16-19-22-24-26-28-30-32-34-35-37-38-40-42-44-46-48-51-54-57-60-63-69(72)75-66-67(65-74-68(71)62-59-56-53-50-21-18-15-12-9-6-3)76-70(73)64-61-58-55-52-49-47-45-43-41-39-36-33-31-29-27-25-23-20-17-14-11-8-5-2/h7-8,10-11,16-17,19-20,24-27,30-33,39,41,67H,4-6,9,12-15,18,21-23,28-29,34-38,40,42-66H2,1-3H3/b10-7-,11-8-,19-16-,20-17-,26-24-,27-25-,32-30-,33-31-,41-39-. The van der Waals surface area contributed by atoms with E-state index in [9.17, 15) is 14.4 Å². The minimum Gasteiger partial charge on any atom is -0.462 e. The highest BCUT2D eigenvalue weighted by molar-refractivity contribution is 5.71. The second-order valence-electron chi connectivity index (χ2n) is 20.9. The van der Waals surface area contributed by atoms with Crippen LogP contribution in [-0.2, 0) is 28.6 Å². The van der Waals surface area contributed by atoms with Crippen molar-refractivity contribution in [1.29, 1.82) is 0 Å². The van der Waals surface area contributed by atoms with Crippen molar-refractivity contribution >= 4 is 17.9 Å². The summed E-state index contributed by atoms with van der Waals surface area (Å²) in [4.78, 5) is 38.2. The fourth-order valence-corrected chi connectivity index (χ4v) is 8.81. The molecule has 0 radical (unpaired) electrons. The molecule has 0 aromatic rings. The van der Waals surface area contributed by atoms with Crippen LogP contribution in [0.15, 0.2) is 109 Å². The summed E-state index contributed by atoms with van der Waals surface area (Å²) in [5.41, 5.74) is 0. The van der Waals surface area contributed by atoms with Crippen LogP contribution in [0.25, 0.3) is 0 Å². The van der Waals surface area contributed by atoms with E-state index in [1.807, 2.05) is 0 Å². The van der Waals surface area contributed by atoms with Crippen LogP contribution in [0.5, 0.6) is 0 Å². The lowest BCUT2D eigenvalue weighted by atomic mass is 10.0. The SMILES string of the molecule is CC/C=C\C/C=C\C/C=C\C/C=C\C/C=C\CCCCCCCCCC(=O)OC(COC(=O)CCCCCCCCCCCC)COC(=O)CCCCCCCCCCCCCC/C=C\C/C=C\C/C=C\C/C=C\CC. The molecule has 0 aromatic carbocycles. The zero-order chi connectivity index (χ0) is 55.0. The third kappa shape index (κ3) is 60.9. The second-order valence-corrected chi connectivity index (χ2v) is 20.9. The van der Waals surface area contributed by atoms with E-state index in [-0.39, 0.29) is 31.1 Å². The molecule has 0 bridgehead atoms. The number of carbonyl (C=O) groups excluding carboxylic acids is 3. The molecule has 1 unspecified atom stereocenters. The quantitative estimate of drug-likeness (QED) is 0.0261. The molecule has 6 nitrogen and oxygen atoms in total. The Bertz CT molecular complexity index is 1540. The van der Waals surface area contributed by atoms with Crippen molar-refractivity contribution in [3.63, 3.8) is 0 Å². The highest BCUT2D eigenvalue weighted by Crippen LogP contribution is 2.16. The van der Waals surface area contributed by atoms with Gasteiger partial charge in [0.15, 0.2) is 6.10 Å². The maximum atomic E-state index is 12.9. The van der Waals surface area contributed by atoms with Gasteiger partial charge in [0.05, 0.1) is 0 Å². The largest absolute Gasteiger partial charge is 0.462 e. The molecule has 0 rings (SSSR count). The molecule has 1 atom stereocenters. The van der Waals surface area contributed by atoms with E-state index in [1.54, 1.807) is 0 Å². The Labute approximate surface area is 470 Å².